The maximum atomic E-state index is 12.6. The van der Waals surface area contributed by atoms with E-state index in [-0.39, 0.29) is 23.3 Å². The standard InChI is InChI=1S/C24H18N2O5/c1-30-19-10-6-5-9-18(19)22(27)25-17-13-11-15(12-14-17)21-20(24(28)29)26-23(31-21)16-7-3-2-4-8-16/h2-14H,1H3,(H,25,27)(H,28,29). The van der Waals surface area contributed by atoms with Gasteiger partial charge in [-0.15, -0.1) is 0 Å². The number of anilines is 1. The largest absolute Gasteiger partial charge is 0.496 e. The van der Waals surface area contributed by atoms with Gasteiger partial charge in [0.05, 0.1) is 12.7 Å². The van der Waals surface area contributed by atoms with Crippen molar-refractivity contribution in [2.75, 3.05) is 12.4 Å². The van der Waals surface area contributed by atoms with Crippen molar-refractivity contribution in [3.05, 3.63) is 90.1 Å². The molecule has 0 saturated carbocycles. The predicted octanol–water partition coefficient (Wildman–Crippen LogP) is 4.97. The molecule has 0 fully saturated rings. The van der Waals surface area contributed by atoms with E-state index in [0.717, 1.165) is 0 Å². The first-order valence-corrected chi connectivity index (χ1v) is 9.41. The van der Waals surface area contributed by atoms with E-state index in [1.54, 1.807) is 60.7 Å². The van der Waals surface area contributed by atoms with Gasteiger partial charge in [0, 0.05) is 16.8 Å². The van der Waals surface area contributed by atoms with Gasteiger partial charge in [-0.3, -0.25) is 4.79 Å². The highest BCUT2D eigenvalue weighted by molar-refractivity contribution is 6.06. The maximum Gasteiger partial charge on any atom is 0.358 e. The molecule has 7 nitrogen and oxygen atoms in total. The number of aromatic nitrogens is 1. The fourth-order valence-corrected chi connectivity index (χ4v) is 3.10. The van der Waals surface area contributed by atoms with Gasteiger partial charge in [0.15, 0.2) is 11.5 Å². The SMILES string of the molecule is COc1ccccc1C(=O)Nc1ccc(-c2oc(-c3ccccc3)nc2C(=O)O)cc1. The number of para-hydroxylation sites is 1. The van der Waals surface area contributed by atoms with Crippen LogP contribution in [0.25, 0.3) is 22.8 Å². The number of ether oxygens (including phenoxy) is 1. The molecule has 2 N–H and O–H groups in total. The Morgan fingerprint density at radius 1 is 0.903 bits per heavy atom. The summed E-state index contributed by atoms with van der Waals surface area (Å²) in [5.74, 6) is -0.662. The number of carbonyl (C=O) groups is 2. The Hall–Kier alpha value is -4.39. The summed E-state index contributed by atoms with van der Waals surface area (Å²) >= 11 is 0. The van der Waals surface area contributed by atoms with Crippen molar-refractivity contribution >= 4 is 17.6 Å². The molecule has 0 radical (unpaired) electrons. The van der Waals surface area contributed by atoms with Gasteiger partial charge in [-0.25, -0.2) is 9.78 Å². The lowest BCUT2D eigenvalue weighted by atomic mass is 10.1. The number of rotatable bonds is 6. The third kappa shape index (κ3) is 4.16. The van der Waals surface area contributed by atoms with Crippen LogP contribution in [-0.2, 0) is 0 Å². The normalized spacial score (nSPS) is 10.5. The fourth-order valence-electron chi connectivity index (χ4n) is 3.10. The van der Waals surface area contributed by atoms with Crippen LogP contribution in [0.3, 0.4) is 0 Å². The van der Waals surface area contributed by atoms with Crippen molar-refractivity contribution in [2.24, 2.45) is 0 Å². The van der Waals surface area contributed by atoms with Crippen LogP contribution in [0.5, 0.6) is 5.75 Å². The Morgan fingerprint density at radius 3 is 2.26 bits per heavy atom. The van der Waals surface area contributed by atoms with Gasteiger partial charge in [0.25, 0.3) is 5.91 Å². The minimum absolute atomic E-state index is 0.147. The number of amides is 1. The van der Waals surface area contributed by atoms with E-state index in [1.807, 2.05) is 18.2 Å². The molecule has 0 unspecified atom stereocenters. The molecule has 0 saturated heterocycles. The quantitative estimate of drug-likeness (QED) is 0.462. The molecule has 1 aromatic heterocycles. The number of benzene rings is 3. The number of hydrogen-bond acceptors (Lipinski definition) is 5. The summed E-state index contributed by atoms with van der Waals surface area (Å²) in [7, 11) is 1.50. The third-order valence-corrected chi connectivity index (χ3v) is 4.61. The number of carbonyl (C=O) groups excluding carboxylic acids is 1. The van der Waals surface area contributed by atoms with Crippen molar-refractivity contribution in [3.63, 3.8) is 0 Å². The number of carboxylic acids is 1. The number of hydrogen-bond donors (Lipinski definition) is 2. The molecule has 0 aliphatic carbocycles. The Labute approximate surface area is 177 Å². The molecule has 0 spiro atoms. The lowest BCUT2D eigenvalue weighted by Gasteiger charge is -2.09. The molecule has 7 heteroatoms. The van der Waals surface area contributed by atoms with Crippen LogP contribution in [0, 0.1) is 0 Å². The third-order valence-electron chi connectivity index (χ3n) is 4.61. The highest BCUT2D eigenvalue weighted by atomic mass is 16.5. The Bertz CT molecular complexity index is 1230. The highest BCUT2D eigenvalue weighted by Gasteiger charge is 2.22. The Morgan fingerprint density at radius 2 is 1.58 bits per heavy atom. The summed E-state index contributed by atoms with van der Waals surface area (Å²) < 4.78 is 11.0. The number of nitrogens with zero attached hydrogens (tertiary/aromatic N) is 1. The minimum atomic E-state index is -1.19. The van der Waals surface area contributed by atoms with Gasteiger partial charge in [-0.05, 0) is 48.5 Å². The van der Waals surface area contributed by atoms with E-state index in [4.69, 9.17) is 9.15 Å². The monoisotopic (exact) mass is 414 g/mol. The van der Waals surface area contributed by atoms with E-state index >= 15 is 0 Å². The zero-order valence-electron chi connectivity index (χ0n) is 16.5. The molecule has 1 amide bonds. The van der Waals surface area contributed by atoms with Crippen LogP contribution in [0.4, 0.5) is 5.69 Å². The molecule has 0 aliphatic heterocycles. The van der Waals surface area contributed by atoms with Gasteiger partial charge in [-0.2, -0.15) is 0 Å². The first-order chi connectivity index (χ1) is 15.1. The van der Waals surface area contributed by atoms with E-state index in [0.29, 0.717) is 28.1 Å². The average Bonchev–Trinajstić information content (AvgIpc) is 3.26. The Balaban J connectivity index is 1.60. The molecular weight excluding hydrogens is 396 g/mol. The van der Waals surface area contributed by atoms with Gasteiger partial charge >= 0.3 is 5.97 Å². The van der Waals surface area contributed by atoms with Gasteiger partial charge in [0.2, 0.25) is 5.89 Å². The molecule has 1 heterocycles. The van der Waals surface area contributed by atoms with Crippen molar-refractivity contribution in [1.82, 2.24) is 4.98 Å². The highest BCUT2D eigenvalue weighted by Crippen LogP contribution is 2.31. The van der Waals surface area contributed by atoms with Crippen LogP contribution in [0.1, 0.15) is 20.8 Å². The number of nitrogens with one attached hydrogen (secondary N) is 1. The molecule has 0 atom stereocenters. The molecule has 0 bridgehead atoms. The van der Waals surface area contributed by atoms with Gasteiger partial charge in [-0.1, -0.05) is 30.3 Å². The Kier molecular flexibility index (Phi) is 5.49. The van der Waals surface area contributed by atoms with Gasteiger partial charge < -0.3 is 19.6 Å². The van der Waals surface area contributed by atoms with E-state index in [1.165, 1.54) is 7.11 Å². The second-order valence-corrected chi connectivity index (χ2v) is 6.60. The molecule has 4 aromatic rings. The molecule has 0 aliphatic rings. The van der Waals surface area contributed by atoms with Crippen LogP contribution in [0.2, 0.25) is 0 Å². The molecule has 4 rings (SSSR count). The fraction of sp³-hybridized carbons (Fsp3) is 0.0417. The number of aromatic carboxylic acids is 1. The van der Waals surface area contributed by atoms with E-state index in [9.17, 15) is 14.7 Å². The summed E-state index contributed by atoms with van der Waals surface area (Å²) in [5.41, 5.74) is 1.98. The number of methoxy groups -OCH3 is 1. The number of carboxylic acid groups (broad SMARTS) is 1. The lowest BCUT2D eigenvalue weighted by Crippen LogP contribution is -2.13. The second-order valence-electron chi connectivity index (χ2n) is 6.60. The first kappa shape index (κ1) is 19.9. The van der Waals surface area contributed by atoms with Crippen LogP contribution in [-0.4, -0.2) is 29.1 Å². The minimum Gasteiger partial charge on any atom is -0.496 e. The maximum absolute atomic E-state index is 12.6. The van der Waals surface area contributed by atoms with Crippen LogP contribution in [0.15, 0.2) is 83.3 Å². The summed E-state index contributed by atoms with van der Waals surface area (Å²) in [6, 6.07) is 22.6. The van der Waals surface area contributed by atoms with Gasteiger partial charge in [0.1, 0.15) is 5.75 Å². The van der Waals surface area contributed by atoms with Crippen molar-refractivity contribution < 1.29 is 23.8 Å². The molecule has 154 valence electrons. The molecular formula is C24H18N2O5. The first-order valence-electron chi connectivity index (χ1n) is 9.41. The predicted molar refractivity (Wildman–Crippen MR) is 115 cm³/mol. The average molecular weight is 414 g/mol. The smallest absolute Gasteiger partial charge is 0.358 e. The van der Waals surface area contributed by atoms with Crippen molar-refractivity contribution in [2.45, 2.75) is 0 Å². The zero-order chi connectivity index (χ0) is 21.8. The lowest BCUT2D eigenvalue weighted by molar-refractivity contribution is 0.0691. The topological polar surface area (TPSA) is 102 Å². The zero-order valence-corrected chi connectivity index (χ0v) is 16.5. The van der Waals surface area contributed by atoms with Crippen molar-refractivity contribution in [3.8, 4) is 28.5 Å². The second kappa shape index (κ2) is 8.54. The number of oxazole rings is 1. The van der Waals surface area contributed by atoms with Crippen LogP contribution < -0.4 is 10.1 Å². The summed E-state index contributed by atoms with van der Waals surface area (Å²) in [5, 5.41) is 12.3. The summed E-state index contributed by atoms with van der Waals surface area (Å²) in [6.07, 6.45) is 0. The summed E-state index contributed by atoms with van der Waals surface area (Å²) in [6.45, 7) is 0. The summed E-state index contributed by atoms with van der Waals surface area (Å²) in [4.78, 5) is 28.4. The van der Waals surface area contributed by atoms with Crippen molar-refractivity contribution in [1.29, 1.82) is 0 Å². The molecule has 31 heavy (non-hydrogen) atoms. The van der Waals surface area contributed by atoms with E-state index in [2.05, 4.69) is 10.3 Å². The van der Waals surface area contributed by atoms with Crippen LogP contribution >= 0.6 is 0 Å². The van der Waals surface area contributed by atoms with E-state index < -0.39 is 5.97 Å². The molecule has 3 aromatic carbocycles.